The first-order valence-electron chi connectivity index (χ1n) is 6.01. The molecule has 0 aromatic rings. The fourth-order valence-electron chi connectivity index (χ4n) is 1.16. The van der Waals surface area contributed by atoms with Crippen molar-refractivity contribution in [1.82, 2.24) is 5.32 Å². The number of ether oxygens (including phenoxy) is 1. The van der Waals surface area contributed by atoms with Gasteiger partial charge in [-0.3, -0.25) is 0 Å². The lowest BCUT2D eigenvalue weighted by atomic mass is 10.0. The molecule has 0 aliphatic rings. The van der Waals surface area contributed by atoms with Gasteiger partial charge in [-0.15, -0.1) is 0 Å². The van der Waals surface area contributed by atoms with Crippen LogP contribution >= 0.6 is 0 Å². The topological polar surface area (TPSA) is 38.3 Å². The molecule has 0 aromatic carbocycles. The summed E-state index contributed by atoms with van der Waals surface area (Å²) in [6.45, 7) is 10.9. The summed E-state index contributed by atoms with van der Waals surface area (Å²) in [5.74, 6) is -0.112. The molecule has 1 N–H and O–H groups in total. The first-order chi connectivity index (χ1) is 7.65. The zero-order valence-corrected chi connectivity index (χ0v) is 11.6. The lowest BCUT2D eigenvalue weighted by Gasteiger charge is -2.24. The van der Waals surface area contributed by atoms with Gasteiger partial charge >= 0.3 is 6.09 Å². The summed E-state index contributed by atoms with van der Waals surface area (Å²) in [5, 5.41) is 2.66. The third-order valence-corrected chi connectivity index (χ3v) is 2.10. The number of hydrogen-bond acceptors (Lipinski definition) is 2. The molecule has 4 heteroatoms. The lowest BCUT2D eigenvalue weighted by Crippen LogP contribution is -2.40. The Morgan fingerprint density at radius 3 is 2.29 bits per heavy atom. The molecule has 0 bridgehead atoms. The molecule has 0 unspecified atom stereocenters. The fourth-order valence-corrected chi connectivity index (χ4v) is 1.16. The van der Waals surface area contributed by atoms with E-state index in [2.05, 4.69) is 5.32 Å². The highest BCUT2D eigenvalue weighted by Crippen LogP contribution is 2.12. The zero-order valence-electron chi connectivity index (χ0n) is 11.6. The van der Waals surface area contributed by atoms with Crippen molar-refractivity contribution in [3.63, 3.8) is 0 Å². The van der Waals surface area contributed by atoms with Crippen LogP contribution < -0.4 is 5.32 Å². The van der Waals surface area contributed by atoms with E-state index in [1.165, 1.54) is 6.08 Å². The number of nitrogens with one attached hydrogen (secondary N) is 1. The zero-order chi connectivity index (χ0) is 13.6. The van der Waals surface area contributed by atoms with Gasteiger partial charge in [0.15, 0.2) is 0 Å². The Balaban J connectivity index is 4.52. The van der Waals surface area contributed by atoms with Gasteiger partial charge in [-0.1, -0.05) is 20.8 Å². The first-order valence-corrected chi connectivity index (χ1v) is 6.01. The van der Waals surface area contributed by atoms with Crippen LogP contribution in [0.3, 0.4) is 0 Å². The Kier molecular flexibility index (Phi) is 6.21. The summed E-state index contributed by atoms with van der Waals surface area (Å²) in [4.78, 5) is 11.6. The lowest BCUT2D eigenvalue weighted by molar-refractivity contribution is 0.0503. The highest BCUT2D eigenvalue weighted by atomic mass is 19.1. The summed E-state index contributed by atoms with van der Waals surface area (Å²) in [6.07, 6.45) is 1.25. The molecule has 0 aliphatic heterocycles. The Hall–Kier alpha value is -1.06. The third-order valence-electron chi connectivity index (χ3n) is 2.10. The number of alkyl carbamates (subject to hydrolysis) is 1. The molecule has 100 valence electrons. The molecule has 0 heterocycles. The summed E-state index contributed by atoms with van der Waals surface area (Å²) in [7, 11) is 0. The minimum atomic E-state index is -0.543. The number of hydrogen-bond donors (Lipinski definition) is 1. The van der Waals surface area contributed by atoms with Crippen LogP contribution in [0.1, 0.15) is 48.0 Å². The Morgan fingerprint density at radius 2 is 1.94 bits per heavy atom. The van der Waals surface area contributed by atoms with Crippen molar-refractivity contribution >= 4 is 6.09 Å². The standard InChI is InChI=1S/C13H24FNO2/c1-7-10(14)8-11(9(2)3)15-12(16)17-13(4,5)6/h8-9,11H,7H2,1-6H3,(H,15,16)/b10-8+/t11-/m1/s1. The number of carbonyl (C=O) groups is 1. The van der Waals surface area contributed by atoms with E-state index in [0.717, 1.165) is 0 Å². The summed E-state index contributed by atoms with van der Waals surface area (Å²) < 4.78 is 18.3. The predicted octanol–water partition coefficient (Wildman–Crippen LogP) is 3.80. The van der Waals surface area contributed by atoms with Crippen LogP contribution in [-0.2, 0) is 4.74 Å². The van der Waals surface area contributed by atoms with Gasteiger partial charge in [0.05, 0.1) is 11.9 Å². The van der Waals surface area contributed by atoms with Crippen molar-refractivity contribution in [2.24, 2.45) is 5.92 Å². The highest BCUT2D eigenvalue weighted by molar-refractivity contribution is 5.68. The molecule has 0 saturated heterocycles. The summed E-state index contributed by atoms with van der Waals surface area (Å²) >= 11 is 0. The maximum atomic E-state index is 13.2. The second-order valence-corrected chi connectivity index (χ2v) is 5.38. The molecule has 0 spiro atoms. The van der Waals surface area contributed by atoms with Crippen LogP contribution in [0.2, 0.25) is 0 Å². The largest absolute Gasteiger partial charge is 0.444 e. The van der Waals surface area contributed by atoms with E-state index >= 15 is 0 Å². The van der Waals surface area contributed by atoms with Gasteiger partial charge in [-0.05, 0) is 39.2 Å². The van der Waals surface area contributed by atoms with Gasteiger partial charge in [0, 0.05) is 0 Å². The normalized spacial score (nSPS) is 14.7. The molecule has 0 rings (SSSR count). The second-order valence-electron chi connectivity index (χ2n) is 5.38. The number of rotatable bonds is 4. The van der Waals surface area contributed by atoms with E-state index in [1.807, 2.05) is 13.8 Å². The molecule has 0 fully saturated rings. The molecule has 1 atom stereocenters. The van der Waals surface area contributed by atoms with Crippen LogP contribution in [0.4, 0.5) is 9.18 Å². The van der Waals surface area contributed by atoms with Gasteiger partial charge in [0.2, 0.25) is 0 Å². The number of allylic oxidation sites excluding steroid dienone is 1. The van der Waals surface area contributed by atoms with Crippen LogP contribution in [0.25, 0.3) is 0 Å². The molecule has 1 amide bonds. The van der Waals surface area contributed by atoms with E-state index in [9.17, 15) is 9.18 Å². The molecule has 17 heavy (non-hydrogen) atoms. The third kappa shape index (κ3) is 7.77. The van der Waals surface area contributed by atoms with E-state index < -0.39 is 11.7 Å². The number of amides is 1. The molecule has 0 aromatic heterocycles. The monoisotopic (exact) mass is 245 g/mol. The molecule has 0 saturated carbocycles. The van der Waals surface area contributed by atoms with E-state index in [0.29, 0.717) is 6.42 Å². The van der Waals surface area contributed by atoms with E-state index in [-0.39, 0.29) is 17.8 Å². The quantitative estimate of drug-likeness (QED) is 0.818. The van der Waals surface area contributed by atoms with Crippen molar-refractivity contribution in [3.05, 3.63) is 11.9 Å². The maximum Gasteiger partial charge on any atom is 0.408 e. The van der Waals surface area contributed by atoms with Crippen LogP contribution in [-0.4, -0.2) is 17.7 Å². The molecule has 3 nitrogen and oxygen atoms in total. The predicted molar refractivity (Wildman–Crippen MR) is 67.5 cm³/mol. The molecule has 0 aliphatic carbocycles. The highest BCUT2D eigenvalue weighted by Gasteiger charge is 2.20. The molecular formula is C13H24FNO2. The summed E-state index contributed by atoms with van der Waals surface area (Å²) in [6, 6.07) is -0.343. The average Bonchev–Trinajstić information content (AvgIpc) is 2.13. The van der Waals surface area contributed by atoms with Crippen molar-refractivity contribution < 1.29 is 13.9 Å². The molecule has 0 radical (unpaired) electrons. The SMILES string of the molecule is CC/C(F)=C\[C@@H](NC(=O)OC(C)(C)C)C(C)C. The second kappa shape index (κ2) is 6.62. The Morgan fingerprint density at radius 1 is 1.41 bits per heavy atom. The van der Waals surface area contributed by atoms with Crippen molar-refractivity contribution in [3.8, 4) is 0 Å². The minimum Gasteiger partial charge on any atom is -0.444 e. The average molecular weight is 245 g/mol. The van der Waals surface area contributed by atoms with Crippen molar-refractivity contribution in [1.29, 1.82) is 0 Å². The number of carbonyl (C=O) groups excluding carboxylic acids is 1. The van der Waals surface area contributed by atoms with Gasteiger partial charge < -0.3 is 10.1 Å². The Labute approximate surface area is 103 Å². The summed E-state index contributed by atoms with van der Waals surface area (Å²) in [5.41, 5.74) is -0.543. The van der Waals surface area contributed by atoms with Gasteiger partial charge in [0.25, 0.3) is 0 Å². The van der Waals surface area contributed by atoms with E-state index in [4.69, 9.17) is 4.74 Å². The van der Waals surface area contributed by atoms with Gasteiger partial charge in [-0.25, -0.2) is 9.18 Å². The van der Waals surface area contributed by atoms with Gasteiger partial charge in [-0.2, -0.15) is 0 Å². The van der Waals surface area contributed by atoms with Crippen molar-refractivity contribution in [2.45, 2.75) is 59.6 Å². The molecular weight excluding hydrogens is 221 g/mol. The van der Waals surface area contributed by atoms with Crippen LogP contribution in [0.5, 0.6) is 0 Å². The smallest absolute Gasteiger partial charge is 0.408 e. The maximum absolute atomic E-state index is 13.2. The van der Waals surface area contributed by atoms with E-state index in [1.54, 1.807) is 27.7 Å². The van der Waals surface area contributed by atoms with Crippen LogP contribution in [0.15, 0.2) is 11.9 Å². The van der Waals surface area contributed by atoms with Gasteiger partial charge in [0.1, 0.15) is 5.60 Å². The minimum absolute atomic E-state index is 0.111. The van der Waals surface area contributed by atoms with Crippen molar-refractivity contribution in [2.75, 3.05) is 0 Å². The Bertz CT molecular complexity index is 280. The van der Waals surface area contributed by atoms with Crippen LogP contribution in [0, 0.1) is 5.92 Å². The first kappa shape index (κ1) is 15.9. The number of halogens is 1. The fraction of sp³-hybridized carbons (Fsp3) is 0.769.